The molecule has 0 bridgehead atoms. The molecular weight excluding hydrogens is 1250 g/mol. The summed E-state index contributed by atoms with van der Waals surface area (Å²) in [4.78, 5) is 141. The first kappa shape index (κ1) is 90.4. The van der Waals surface area contributed by atoms with E-state index in [0.29, 0.717) is 19.3 Å². The molecule has 0 spiro atoms. The molecule has 24 nitrogen and oxygen atoms in total. The molecule has 0 aliphatic heterocycles. The van der Waals surface area contributed by atoms with Crippen LogP contribution in [-0.2, 0) is 62.2 Å². The van der Waals surface area contributed by atoms with Gasteiger partial charge < -0.3 is 67.1 Å². The number of rotatable bonds is 66. The summed E-state index contributed by atoms with van der Waals surface area (Å²) < 4.78 is 11.6. The quantitative estimate of drug-likeness (QED) is 0.0199. The number of aliphatic carboxylic acids is 2. The summed E-state index contributed by atoms with van der Waals surface area (Å²) in [6.07, 6.45) is 37.7. The van der Waals surface area contributed by atoms with E-state index in [1.165, 1.54) is 166 Å². The molecule has 0 aromatic heterocycles. The maximum Gasteiger partial charge on any atom is 0.328 e. The molecule has 7 atom stereocenters. The monoisotopic (exact) mass is 1380 g/mol. The molecule has 0 aromatic rings. The number of hydrogen-bond acceptors (Lipinski definition) is 16. The molecule has 96 heavy (non-hydrogen) atoms. The lowest BCUT2D eigenvalue weighted by Gasteiger charge is -2.26. The zero-order valence-electron chi connectivity index (χ0n) is 59.5. The number of ether oxygens (including phenoxy) is 2. The first-order valence-corrected chi connectivity index (χ1v) is 38.0. The van der Waals surface area contributed by atoms with Crippen molar-refractivity contribution < 1.29 is 82.6 Å². The van der Waals surface area contributed by atoms with Gasteiger partial charge in [0.15, 0.2) is 6.04 Å². The fourth-order valence-corrected chi connectivity index (χ4v) is 11.8. The maximum atomic E-state index is 13.8. The molecule has 0 fully saturated rings. The Kier molecular flexibility index (Phi) is 58.2. The minimum Gasteiger partial charge on any atom is -0.481 e. The molecule has 11 N–H and O–H groups in total. The third-order valence-corrected chi connectivity index (χ3v) is 17.8. The van der Waals surface area contributed by atoms with Gasteiger partial charge >= 0.3 is 23.9 Å². The van der Waals surface area contributed by atoms with E-state index in [-0.39, 0.29) is 49.3 Å². The number of carbonyl (C=O) groups excluding carboxylic acids is 9. The molecule has 0 aliphatic rings. The van der Waals surface area contributed by atoms with Gasteiger partial charge in [-0.3, -0.25) is 47.9 Å². The first-order valence-electron chi connectivity index (χ1n) is 36.9. The third-order valence-electron chi connectivity index (χ3n) is 16.7. The predicted octanol–water partition coefficient (Wildman–Crippen LogP) is 9.84. The molecule has 0 saturated heterocycles. The molecule has 0 heterocycles. The van der Waals surface area contributed by atoms with Crippen molar-refractivity contribution in [3.63, 3.8) is 0 Å². The fourth-order valence-electron chi connectivity index (χ4n) is 10.8. The minimum absolute atomic E-state index is 0.00575. The lowest BCUT2D eigenvalue weighted by molar-refractivity contribution is -0.157. The number of hydrogen-bond donors (Lipinski definition) is 11. The highest BCUT2D eigenvalue weighted by Gasteiger charge is 2.34. The van der Waals surface area contributed by atoms with Crippen molar-refractivity contribution in [2.24, 2.45) is 0 Å². The van der Waals surface area contributed by atoms with Crippen molar-refractivity contribution in [1.29, 1.82) is 0 Å². The number of aliphatic hydroxyl groups excluding tert-OH is 2. The van der Waals surface area contributed by atoms with Crippen LogP contribution in [0.1, 0.15) is 304 Å². The zero-order chi connectivity index (χ0) is 71.4. The molecule has 25 heteroatoms. The Balaban J connectivity index is 5.84. The molecule has 0 rings (SSSR count). The first-order chi connectivity index (χ1) is 46.1. The van der Waals surface area contributed by atoms with Crippen LogP contribution in [0.5, 0.6) is 0 Å². The van der Waals surface area contributed by atoms with Crippen LogP contribution in [0, 0.1) is 0 Å². The van der Waals surface area contributed by atoms with E-state index < -0.39 is 128 Å². The van der Waals surface area contributed by atoms with Gasteiger partial charge in [0, 0.05) is 37.2 Å². The van der Waals surface area contributed by atoms with E-state index in [2.05, 4.69) is 52.7 Å². The SMILES string of the molecule is CCCCCCCCCCCCCCCC(=O)OC[C@@H](CSC[C@H](NC(=O)CCCCCCCCCCCCC)C(=O)NCC(=O)NCC(=O)NCC(=O)N[C@@H](CCC(=O)O)C(=O)N[C@H](C(=O)N[C@H](C(=O)O)[C@@H](C)O)[C@@H](C)O)OC(=O)CCCCCCCCCCCCCCC. The van der Waals surface area contributed by atoms with Crippen molar-refractivity contribution in [1.82, 2.24) is 37.2 Å². The van der Waals surface area contributed by atoms with Crippen molar-refractivity contribution in [3.05, 3.63) is 0 Å². The number of unbranched alkanes of at least 4 members (excludes halogenated alkanes) is 34. The molecule has 0 radical (unpaired) electrons. The summed E-state index contributed by atoms with van der Waals surface area (Å²) in [7, 11) is 0. The zero-order valence-corrected chi connectivity index (χ0v) is 60.3. The summed E-state index contributed by atoms with van der Waals surface area (Å²) >= 11 is 1.21. The van der Waals surface area contributed by atoms with Gasteiger partial charge in [0.05, 0.1) is 31.8 Å². The second kappa shape index (κ2) is 61.7. The van der Waals surface area contributed by atoms with Crippen molar-refractivity contribution >= 4 is 77.0 Å². The number of carboxylic acid groups (broad SMARTS) is 2. The van der Waals surface area contributed by atoms with Gasteiger partial charge in [-0.05, 0) is 39.5 Å². The van der Waals surface area contributed by atoms with Gasteiger partial charge in [0.25, 0.3) is 0 Å². The van der Waals surface area contributed by atoms with E-state index in [0.717, 1.165) is 78.1 Å². The van der Waals surface area contributed by atoms with Crippen LogP contribution in [-0.4, -0.2) is 166 Å². The number of thioether (sulfide) groups is 1. The second-order valence-corrected chi connectivity index (χ2v) is 26.9. The van der Waals surface area contributed by atoms with Gasteiger partial charge in [-0.2, -0.15) is 11.8 Å². The van der Waals surface area contributed by atoms with E-state index in [1.54, 1.807) is 0 Å². The van der Waals surface area contributed by atoms with Gasteiger partial charge in [-0.1, -0.05) is 239 Å². The van der Waals surface area contributed by atoms with Crippen LogP contribution < -0.4 is 37.2 Å². The number of carbonyl (C=O) groups is 11. The van der Waals surface area contributed by atoms with Gasteiger partial charge in [0.2, 0.25) is 41.4 Å². The average molecular weight is 1380 g/mol. The molecule has 0 aliphatic carbocycles. The topological polar surface area (TPSA) is 371 Å². The van der Waals surface area contributed by atoms with Crippen LogP contribution in [0.15, 0.2) is 0 Å². The van der Waals surface area contributed by atoms with Crippen LogP contribution >= 0.6 is 11.8 Å². The summed E-state index contributed by atoms with van der Waals surface area (Å²) in [5.41, 5.74) is 0. The molecule has 0 saturated carbocycles. The number of nitrogens with one attached hydrogen (secondary N) is 7. The predicted molar refractivity (Wildman–Crippen MR) is 374 cm³/mol. The second-order valence-electron chi connectivity index (χ2n) is 25.8. The summed E-state index contributed by atoms with van der Waals surface area (Å²) in [5.74, 6) is -9.79. The van der Waals surface area contributed by atoms with Crippen LogP contribution in [0.2, 0.25) is 0 Å². The van der Waals surface area contributed by atoms with Gasteiger partial charge in [0.1, 0.15) is 30.8 Å². The smallest absolute Gasteiger partial charge is 0.328 e. The molecular formula is C71H129N7O17S. The van der Waals surface area contributed by atoms with Gasteiger partial charge in [-0.25, -0.2) is 4.79 Å². The Morgan fingerprint density at radius 3 is 1.14 bits per heavy atom. The molecule has 556 valence electrons. The normalized spacial score (nSPS) is 13.4. The Labute approximate surface area is 578 Å². The fraction of sp³-hybridized carbons (Fsp3) is 0.845. The van der Waals surface area contributed by atoms with E-state index in [9.17, 15) is 73.2 Å². The lowest BCUT2D eigenvalue weighted by atomic mass is 10.0. The van der Waals surface area contributed by atoms with Crippen molar-refractivity contribution in [2.75, 3.05) is 37.7 Å². The van der Waals surface area contributed by atoms with E-state index >= 15 is 0 Å². The Hall–Kier alpha value is -5.56. The Bertz CT molecular complexity index is 2140. The highest BCUT2D eigenvalue weighted by atomic mass is 32.2. The maximum absolute atomic E-state index is 13.8. The summed E-state index contributed by atoms with van der Waals surface area (Å²) in [6.45, 7) is 6.56. The van der Waals surface area contributed by atoms with Gasteiger partial charge in [-0.15, -0.1) is 0 Å². The number of amides is 7. The largest absolute Gasteiger partial charge is 0.481 e. The van der Waals surface area contributed by atoms with Crippen LogP contribution in [0.25, 0.3) is 0 Å². The Morgan fingerprint density at radius 2 is 0.729 bits per heavy atom. The highest BCUT2D eigenvalue weighted by molar-refractivity contribution is 7.99. The summed E-state index contributed by atoms with van der Waals surface area (Å²) in [6, 6.07) is -6.41. The van der Waals surface area contributed by atoms with E-state index in [4.69, 9.17) is 9.47 Å². The van der Waals surface area contributed by atoms with Crippen LogP contribution in [0.4, 0.5) is 0 Å². The molecule has 7 amide bonds. The van der Waals surface area contributed by atoms with Crippen molar-refractivity contribution in [3.8, 4) is 0 Å². The van der Waals surface area contributed by atoms with Crippen LogP contribution in [0.3, 0.4) is 0 Å². The number of esters is 2. The Morgan fingerprint density at radius 1 is 0.365 bits per heavy atom. The van der Waals surface area contributed by atoms with E-state index in [1.807, 2.05) is 5.32 Å². The average Bonchev–Trinajstić information content (AvgIpc) is 0.908. The number of carboxylic acids is 2. The third kappa shape index (κ3) is 53.5. The molecule has 0 unspecified atom stereocenters. The highest BCUT2D eigenvalue weighted by Crippen LogP contribution is 2.18. The summed E-state index contributed by atoms with van der Waals surface area (Å²) in [5, 5.41) is 54.9. The standard InChI is InChI=1S/C71H129N7O17S/c1-6-9-12-15-18-21-24-26-29-32-35-38-41-44-64(87)94-51-56(95-65(88)45-42-39-36-33-30-27-25-22-19-16-13-10-7-2)52-96-53-58(76-59(81)43-40-37-34-31-28-23-20-17-14-11-8-3)68(89)74-49-61(83)72-48-60(82)73-50-62(84)75-57(46-47-63(85)86)69(90)77-66(54(4)79)70(91)78-67(55(5)80)71(92)93/h54-58,66-67,79-80H,6-53H2,1-5H3,(H,72,83)(H,73,82)(H,74,89)(H,75,84)(H,76,81)(H,77,90)(H,78,91)(H,85,86)(H,92,93)/t54-,55-,56+,57+,58+,66+,67+/m1/s1. The minimum atomic E-state index is -1.82. The lowest BCUT2D eigenvalue weighted by Crippen LogP contribution is -2.60. The van der Waals surface area contributed by atoms with Crippen molar-refractivity contribution in [2.45, 2.75) is 347 Å². The molecule has 0 aromatic carbocycles. The number of aliphatic hydroxyl groups is 2.